The molecule has 4 N–H and O–H groups in total. The Hall–Kier alpha value is -3.02. The maximum atomic E-state index is 10.3. The van der Waals surface area contributed by atoms with Crippen LogP contribution in [0.4, 0.5) is 0 Å². The average molecular weight is 478 g/mol. The number of rotatable bonds is 9. The van der Waals surface area contributed by atoms with Crippen LogP contribution in [0.25, 0.3) is 12.2 Å². The Morgan fingerprint density at radius 3 is 1.88 bits per heavy atom. The highest BCUT2D eigenvalue weighted by Gasteiger charge is 2.44. The van der Waals surface area contributed by atoms with Gasteiger partial charge < -0.3 is 48.8 Å². The van der Waals surface area contributed by atoms with Crippen LogP contribution in [-0.2, 0) is 4.74 Å². The Kier molecular flexibility index (Phi) is 8.59. The van der Waals surface area contributed by atoms with Crippen LogP contribution in [0, 0.1) is 0 Å². The molecule has 0 aromatic heterocycles. The number of hydrogen-bond acceptors (Lipinski definition) is 10. The van der Waals surface area contributed by atoms with Crippen molar-refractivity contribution in [1.29, 1.82) is 0 Å². The molecule has 0 bridgehead atoms. The summed E-state index contributed by atoms with van der Waals surface area (Å²) in [6.07, 6.45) is -3.33. The molecule has 10 nitrogen and oxygen atoms in total. The first-order chi connectivity index (χ1) is 16.4. The normalized spacial score (nSPS) is 24.6. The van der Waals surface area contributed by atoms with Gasteiger partial charge in [0.25, 0.3) is 0 Å². The summed E-state index contributed by atoms with van der Waals surface area (Å²) >= 11 is 0. The molecule has 2 aromatic rings. The first kappa shape index (κ1) is 25.6. The summed E-state index contributed by atoms with van der Waals surface area (Å²) < 4.78 is 32.6. The van der Waals surface area contributed by atoms with Crippen LogP contribution in [0.15, 0.2) is 30.3 Å². The van der Waals surface area contributed by atoms with E-state index in [4.69, 9.17) is 28.4 Å². The minimum absolute atomic E-state index is 0.235. The predicted octanol–water partition coefficient (Wildman–Crippen LogP) is 1.07. The largest absolute Gasteiger partial charge is 0.493 e. The van der Waals surface area contributed by atoms with Crippen molar-refractivity contribution in [3.63, 3.8) is 0 Å². The minimum Gasteiger partial charge on any atom is -0.493 e. The van der Waals surface area contributed by atoms with Gasteiger partial charge in [0.1, 0.15) is 24.4 Å². The molecule has 0 radical (unpaired) electrons. The first-order valence-electron chi connectivity index (χ1n) is 10.5. The molecule has 1 aliphatic heterocycles. The van der Waals surface area contributed by atoms with Crippen LogP contribution >= 0.6 is 0 Å². The zero-order valence-corrected chi connectivity index (χ0v) is 19.4. The summed E-state index contributed by atoms with van der Waals surface area (Å²) in [5.41, 5.74) is 1.52. The van der Waals surface area contributed by atoms with Crippen molar-refractivity contribution in [2.75, 3.05) is 35.0 Å². The van der Waals surface area contributed by atoms with E-state index in [0.29, 0.717) is 23.0 Å². The monoisotopic (exact) mass is 478 g/mol. The van der Waals surface area contributed by atoms with Crippen LogP contribution in [-0.4, -0.2) is 86.2 Å². The standard InChI is InChI=1S/C24H30O10/c1-29-15-8-7-13(5-6-14-10-17(30-2)23(32-4)18(11-14)31-3)9-16(15)33-24-22(28)21(27)20(26)19(12-25)34-24/h5-11,19-22,24-28H,12H2,1-4H3/b6-5-/t19-,20-,21+,22+,24+/m1/s1. The third kappa shape index (κ3) is 5.37. The molecule has 0 amide bonds. The first-order valence-corrected chi connectivity index (χ1v) is 10.5. The van der Waals surface area contributed by atoms with E-state index < -0.39 is 37.3 Å². The fourth-order valence-electron chi connectivity index (χ4n) is 3.57. The highest BCUT2D eigenvalue weighted by molar-refractivity contribution is 5.73. The highest BCUT2D eigenvalue weighted by atomic mass is 16.7. The maximum Gasteiger partial charge on any atom is 0.229 e. The molecular formula is C24H30O10. The lowest BCUT2D eigenvalue weighted by Crippen LogP contribution is -2.60. The van der Waals surface area contributed by atoms with Gasteiger partial charge in [-0.3, -0.25) is 0 Å². The zero-order valence-electron chi connectivity index (χ0n) is 19.4. The van der Waals surface area contributed by atoms with E-state index in [-0.39, 0.29) is 5.75 Å². The van der Waals surface area contributed by atoms with E-state index in [9.17, 15) is 20.4 Å². The molecule has 2 aromatic carbocycles. The van der Waals surface area contributed by atoms with Crippen molar-refractivity contribution in [2.24, 2.45) is 0 Å². The molecule has 1 saturated heterocycles. The molecule has 10 heteroatoms. The summed E-state index contributed by atoms with van der Waals surface area (Å²) in [4.78, 5) is 0. The van der Waals surface area contributed by atoms with Crippen LogP contribution in [0.5, 0.6) is 28.7 Å². The van der Waals surface area contributed by atoms with Crippen LogP contribution in [0.2, 0.25) is 0 Å². The quantitative estimate of drug-likeness (QED) is 0.388. The Morgan fingerprint density at radius 1 is 0.735 bits per heavy atom. The second-order valence-electron chi connectivity index (χ2n) is 7.52. The molecule has 5 atom stereocenters. The smallest absolute Gasteiger partial charge is 0.229 e. The molecular weight excluding hydrogens is 448 g/mol. The molecule has 1 heterocycles. The SMILES string of the molecule is COc1ccc(/C=C\c2cc(OC)c(OC)c(OC)c2)cc1O[C@H]1O[C@H](CO)[C@@H](O)[C@H](O)[C@@H]1O. The van der Waals surface area contributed by atoms with Crippen molar-refractivity contribution in [3.8, 4) is 28.7 Å². The second kappa shape index (κ2) is 11.4. The van der Waals surface area contributed by atoms with Gasteiger partial charge in [-0.2, -0.15) is 0 Å². The third-order valence-corrected chi connectivity index (χ3v) is 5.43. The van der Waals surface area contributed by atoms with E-state index in [0.717, 1.165) is 11.1 Å². The topological polar surface area (TPSA) is 136 Å². The second-order valence-corrected chi connectivity index (χ2v) is 7.52. The zero-order chi connectivity index (χ0) is 24.8. The molecule has 0 saturated carbocycles. The molecule has 0 spiro atoms. The molecule has 0 aliphatic carbocycles. The van der Waals surface area contributed by atoms with Gasteiger partial charge >= 0.3 is 0 Å². The van der Waals surface area contributed by atoms with Gasteiger partial charge in [0.2, 0.25) is 12.0 Å². The summed E-state index contributed by atoms with van der Waals surface area (Å²) in [6, 6.07) is 8.73. The summed E-state index contributed by atoms with van der Waals surface area (Å²) in [6.45, 7) is -0.556. The lowest BCUT2D eigenvalue weighted by molar-refractivity contribution is -0.277. The molecule has 1 fully saturated rings. The van der Waals surface area contributed by atoms with Crippen LogP contribution < -0.4 is 23.7 Å². The Bertz CT molecular complexity index is 965. The number of aliphatic hydroxyl groups excluding tert-OH is 4. The number of aliphatic hydroxyl groups is 4. The van der Waals surface area contributed by atoms with E-state index in [1.807, 2.05) is 12.2 Å². The summed E-state index contributed by atoms with van der Waals surface area (Å²) in [5.74, 6) is 2.12. The lowest BCUT2D eigenvalue weighted by atomic mass is 9.99. The predicted molar refractivity (Wildman–Crippen MR) is 122 cm³/mol. The number of methoxy groups -OCH3 is 4. The third-order valence-electron chi connectivity index (χ3n) is 5.43. The van der Waals surface area contributed by atoms with Crippen molar-refractivity contribution in [2.45, 2.75) is 30.7 Å². The Labute approximate surface area is 197 Å². The van der Waals surface area contributed by atoms with Gasteiger partial charge in [0, 0.05) is 0 Å². The van der Waals surface area contributed by atoms with E-state index >= 15 is 0 Å². The molecule has 3 rings (SSSR count). The van der Waals surface area contributed by atoms with Gasteiger partial charge in [-0.05, 0) is 35.4 Å². The average Bonchev–Trinajstić information content (AvgIpc) is 2.86. The van der Waals surface area contributed by atoms with Crippen molar-refractivity contribution in [3.05, 3.63) is 41.5 Å². The minimum atomic E-state index is -1.55. The van der Waals surface area contributed by atoms with Gasteiger partial charge in [-0.1, -0.05) is 18.2 Å². The van der Waals surface area contributed by atoms with Crippen molar-refractivity contribution >= 4 is 12.2 Å². The molecule has 34 heavy (non-hydrogen) atoms. The Balaban J connectivity index is 1.86. The lowest BCUT2D eigenvalue weighted by Gasteiger charge is -2.39. The Morgan fingerprint density at radius 2 is 1.32 bits per heavy atom. The van der Waals surface area contributed by atoms with Gasteiger partial charge in [0.15, 0.2) is 23.0 Å². The number of hydrogen-bond donors (Lipinski definition) is 4. The number of ether oxygens (including phenoxy) is 6. The van der Waals surface area contributed by atoms with Gasteiger partial charge in [-0.15, -0.1) is 0 Å². The van der Waals surface area contributed by atoms with Crippen LogP contribution in [0.1, 0.15) is 11.1 Å². The molecule has 1 aliphatic rings. The maximum absolute atomic E-state index is 10.3. The number of benzene rings is 2. The van der Waals surface area contributed by atoms with Gasteiger partial charge in [-0.25, -0.2) is 0 Å². The fourth-order valence-corrected chi connectivity index (χ4v) is 3.57. The van der Waals surface area contributed by atoms with Crippen molar-refractivity contribution in [1.82, 2.24) is 0 Å². The van der Waals surface area contributed by atoms with E-state index in [1.54, 1.807) is 30.3 Å². The summed E-state index contributed by atoms with van der Waals surface area (Å²) in [7, 11) is 6.07. The van der Waals surface area contributed by atoms with E-state index in [1.165, 1.54) is 28.4 Å². The van der Waals surface area contributed by atoms with E-state index in [2.05, 4.69) is 0 Å². The highest BCUT2D eigenvalue weighted by Crippen LogP contribution is 2.39. The molecule has 0 unspecified atom stereocenters. The summed E-state index contributed by atoms with van der Waals surface area (Å²) in [5, 5.41) is 39.6. The fraction of sp³-hybridized carbons (Fsp3) is 0.417. The van der Waals surface area contributed by atoms with Crippen molar-refractivity contribution < 1.29 is 48.8 Å². The van der Waals surface area contributed by atoms with Gasteiger partial charge in [0.05, 0.1) is 35.0 Å². The van der Waals surface area contributed by atoms with Crippen LogP contribution in [0.3, 0.4) is 0 Å². The molecule has 186 valence electrons.